The quantitative estimate of drug-likeness (QED) is 0.539. The van der Waals surface area contributed by atoms with E-state index in [1.807, 2.05) is 66.0 Å². The Hall–Kier alpha value is -3.38. The number of amides is 1. The summed E-state index contributed by atoms with van der Waals surface area (Å²) in [6.07, 6.45) is 0. The molecule has 5 rings (SSSR count). The number of thiophene rings is 1. The van der Waals surface area contributed by atoms with E-state index in [0.717, 1.165) is 32.8 Å². The van der Waals surface area contributed by atoms with Crippen molar-refractivity contribution in [2.24, 2.45) is 0 Å². The number of fused-ring (bicyclic) bond motifs is 2. The van der Waals surface area contributed by atoms with Gasteiger partial charge in [0.2, 0.25) is 0 Å². The van der Waals surface area contributed by atoms with Crippen LogP contribution in [0, 0.1) is 0 Å². The largest absolute Gasteiger partial charge is 0.486 e. The van der Waals surface area contributed by atoms with Gasteiger partial charge in [-0.25, -0.2) is 4.98 Å². The molecule has 1 N–H and O–H groups in total. The monoisotopic (exact) mass is 402 g/mol. The van der Waals surface area contributed by atoms with Gasteiger partial charge >= 0.3 is 0 Å². The van der Waals surface area contributed by atoms with Crippen LogP contribution in [0.4, 0.5) is 0 Å². The minimum absolute atomic E-state index is 0.115. The number of nitrogens with zero attached hydrogens (tertiary/aromatic N) is 1. The van der Waals surface area contributed by atoms with Crippen LogP contribution in [0.1, 0.15) is 15.2 Å². The number of nitrogens with one attached hydrogen (secondary N) is 1. The van der Waals surface area contributed by atoms with E-state index in [1.165, 1.54) is 0 Å². The number of ether oxygens (including phenoxy) is 2. The molecule has 0 unspecified atom stereocenters. The van der Waals surface area contributed by atoms with Crippen molar-refractivity contribution in [2.45, 2.75) is 6.54 Å². The molecule has 144 valence electrons. The number of benzene rings is 2. The first-order valence-electron chi connectivity index (χ1n) is 9.38. The molecule has 6 heteroatoms. The lowest BCUT2D eigenvalue weighted by atomic mass is 10.0. The first kappa shape index (κ1) is 17.7. The van der Waals surface area contributed by atoms with Crippen molar-refractivity contribution in [3.63, 3.8) is 0 Å². The molecule has 0 saturated heterocycles. The Morgan fingerprint density at radius 3 is 2.72 bits per heavy atom. The third-order valence-corrected chi connectivity index (χ3v) is 5.68. The number of para-hydroxylation sites is 1. The van der Waals surface area contributed by atoms with E-state index < -0.39 is 0 Å². The summed E-state index contributed by atoms with van der Waals surface area (Å²) in [5.74, 6) is 1.32. The van der Waals surface area contributed by atoms with E-state index in [0.29, 0.717) is 31.1 Å². The number of rotatable bonds is 4. The molecule has 0 atom stereocenters. The van der Waals surface area contributed by atoms with E-state index in [1.54, 1.807) is 11.3 Å². The van der Waals surface area contributed by atoms with E-state index in [2.05, 4.69) is 5.32 Å². The molecule has 2 aromatic heterocycles. The summed E-state index contributed by atoms with van der Waals surface area (Å²) in [4.78, 5) is 18.9. The normalized spacial score (nSPS) is 12.7. The van der Waals surface area contributed by atoms with Crippen molar-refractivity contribution < 1.29 is 14.3 Å². The Morgan fingerprint density at radius 2 is 1.86 bits per heavy atom. The van der Waals surface area contributed by atoms with Crippen LogP contribution in [-0.4, -0.2) is 24.1 Å². The van der Waals surface area contributed by atoms with E-state index in [4.69, 9.17) is 14.5 Å². The van der Waals surface area contributed by atoms with Gasteiger partial charge in [0.15, 0.2) is 11.5 Å². The predicted octanol–water partition coefficient (Wildman–Crippen LogP) is 4.66. The smallest absolute Gasteiger partial charge is 0.252 e. The topological polar surface area (TPSA) is 60.5 Å². The Kier molecular flexibility index (Phi) is 4.62. The molecule has 5 nitrogen and oxygen atoms in total. The van der Waals surface area contributed by atoms with Crippen LogP contribution in [0.15, 0.2) is 66.0 Å². The average Bonchev–Trinajstić information content (AvgIpc) is 3.30. The minimum atomic E-state index is -0.115. The Balaban J connectivity index is 1.54. The fraction of sp³-hybridized carbons (Fsp3) is 0.130. The summed E-state index contributed by atoms with van der Waals surface area (Å²) < 4.78 is 11.3. The molecule has 1 amide bonds. The number of carbonyl (C=O) groups is 1. The Bertz CT molecular complexity index is 1190. The van der Waals surface area contributed by atoms with E-state index >= 15 is 0 Å². The van der Waals surface area contributed by atoms with E-state index in [-0.39, 0.29) is 5.91 Å². The van der Waals surface area contributed by atoms with Gasteiger partial charge in [-0.2, -0.15) is 0 Å². The first-order chi connectivity index (χ1) is 14.3. The van der Waals surface area contributed by atoms with Crippen molar-refractivity contribution in [1.82, 2.24) is 10.3 Å². The number of carbonyl (C=O) groups excluding carboxylic acids is 1. The van der Waals surface area contributed by atoms with Crippen LogP contribution in [0.5, 0.6) is 11.5 Å². The molecule has 1 aliphatic rings. The molecule has 0 radical (unpaired) electrons. The zero-order valence-corrected chi connectivity index (χ0v) is 16.4. The molecule has 0 bridgehead atoms. The highest BCUT2D eigenvalue weighted by atomic mass is 32.1. The lowest BCUT2D eigenvalue weighted by Gasteiger charge is -2.19. The highest BCUT2D eigenvalue weighted by Gasteiger charge is 2.17. The second-order valence-corrected chi connectivity index (χ2v) is 7.72. The van der Waals surface area contributed by atoms with Crippen molar-refractivity contribution in [3.05, 3.63) is 76.5 Å². The zero-order chi connectivity index (χ0) is 19.6. The predicted molar refractivity (Wildman–Crippen MR) is 114 cm³/mol. The molecule has 2 aromatic carbocycles. The average molecular weight is 402 g/mol. The highest BCUT2D eigenvalue weighted by Crippen LogP contribution is 2.35. The summed E-state index contributed by atoms with van der Waals surface area (Å²) in [6.45, 7) is 1.58. The summed E-state index contributed by atoms with van der Waals surface area (Å²) in [7, 11) is 0. The van der Waals surface area contributed by atoms with Gasteiger partial charge in [-0.1, -0.05) is 24.3 Å². The molecule has 3 heterocycles. The van der Waals surface area contributed by atoms with Gasteiger partial charge in [-0.15, -0.1) is 11.3 Å². The SMILES string of the molecule is O=C(NCc1cccs1)c1cc(-c2ccc3c(c2)OCCO3)nc2ccccc12. The van der Waals surface area contributed by atoms with Crippen molar-refractivity contribution in [3.8, 4) is 22.8 Å². The second kappa shape index (κ2) is 7.56. The number of hydrogen-bond acceptors (Lipinski definition) is 5. The lowest BCUT2D eigenvalue weighted by molar-refractivity contribution is 0.0953. The molecular formula is C23H18N2O3S. The van der Waals surface area contributed by atoms with Crippen molar-refractivity contribution >= 4 is 28.1 Å². The van der Waals surface area contributed by atoms with Crippen LogP contribution in [-0.2, 0) is 6.54 Å². The molecule has 0 fully saturated rings. The van der Waals surface area contributed by atoms with Gasteiger partial charge in [0.25, 0.3) is 5.91 Å². The van der Waals surface area contributed by atoms with Gasteiger partial charge in [0.05, 0.1) is 23.3 Å². The molecule has 0 saturated carbocycles. The number of hydrogen-bond donors (Lipinski definition) is 1. The fourth-order valence-corrected chi connectivity index (χ4v) is 4.03. The molecule has 4 aromatic rings. The van der Waals surface area contributed by atoms with Crippen molar-refractivity contribution in [2.75, 3.05) is 13.2 Å². The van der Waals surface area contributed by atoms with Crippen LogP contribution in [0.25, 0.3) is 22.2 Å². The summed E-state index contributed by atoms with van der Waals surface area (Å²) in [6, 6.07) is 19.3. The summed E-state index contributed by atoms with van der Waals surface area (Å²) in [5, 5.41) is 5.86. The minimum Gasteiger partial charge on any atom is -0.486 e. The van der Waals surface area contributed by atoms with Crippen molar-refractivity contribution in [1.29, 1.82) is 0 Å². The molecule has 0 aliphatic carbocycles. The first-order valence-corrected chi connectivity index (χ1v) is 10.3. The highest BCUT2D eigenvalue weighted by molar-refractivity contribution is 7.09. The van der Waals surface area contributed by atoms with Crippen LogP contribution >= 0.6 is 11.3 Å². The standard InChI is InChI=1S/C23H18N2O3S/c26-23(24-14-16-4-3-11-29-16)18-13-20(25-19-6-2-1-5-17(18)19)15-7-8-21-22(12-15)28-10-9-27-21/h1-8,11-13H,9-10,14H2,(H,24,26). The molecule has 29 heavy (non-hydrogen) atoms. The summed E-state index contributed by atoms with van der Waals surface area (Å²) >= 11 is 1.62. The fourth-order valence-electron chi connectivity index (χ4n) is 3.39. The Morgan fingerprint density at radius 1 is 1.00 bits per heavy atom. The Labute approximate surface area is 171 Å². The van der Waals surface area contributed by atoms with Crippen LogP contribution < -0.4 is 14.8 Å². The maximum absolute atomic E-state index is 13.0. The second-order valence-electron chi connectivity index (χ2n) is 6.69. The van der Waals surface area contributed by atoms with Gasteiger partial charge in [0, 0.05) is 15.8 Å². The van der Waals surface area contributed by atoms with Gasteiger partial charge in [-0.3, -0.25) is 4.79 Å². The molecule has 1 aliphatic heterocycles. The maximum Gasteiger partial charge on any atom is 0.252 e. The lowest BCUT2D eigenvalue weighted by Crippen LogP contribution is -2.22. The zero-order valence-electron chi connectivity index (χ0n) is 15.6. The molecule has 0 spiro atoms. The third-order valence-electron chi connectivity index (χ3n) is 4.80. The summed E-state index contributed by atoms with van der Waals surface area (Å²) in [5.41, 5.74) is 2.99. The van der Waals surface area contributed by atoms with Gasteiger partial charge in [0.1, 0.15) is 13.2 Å². The molecular weight excluding hydrogens is 384 g/mol. The van der Waals surface area contributed by atoms with Gasteiger partial charge < -0.3 is 14.8 Å². The van der Waals surface area contributed by atoms with Crippen LogP contribution in [0.2, 0.25) is 0 Å². The number of pyridine rings is 1. The van der Waals surface area contributed by atoms with Crippen LogP contribution in [0.3, 0.4) is 0 Å². The number of aromatic nitrogens is 1. The van der Waals surface area contributed by atoms with E-state index in [9.17, 15) is 4.79 Å². The third kappa shape index (κ3) is 3.54. The maximum atomic E-state index is 13.0. The van der Waals surface area contributed by atoms with Gasteiger partial charge in [-0.05, 0) is 41.8 Å².